The quantitative estimate of drug-likeness (QED) is 0.168. The van der Waals surface area contributed by atoms with Gasteiger partial charge in [-0.1, -0.05) is 0 Å². The molecule has 9 N–H and O–H groups in total. The summed E-state index contributed by atoms with van der Waals surface area (Å²) in [5.41, 5.74) is 0.450. The summed E-state index contributed by atoms with van der Waals surface area (Å²) in [6.07, 6.45) is -15.4. The van der Waals surface area contributed by atoms with Crippen LogP contribution in [0.15, 0.2) is 46.9 Å². The molecule has 1 aromatic heterocycles. The number of hydrogen-bond donors (Lipinski definition) is 9. The summed E-state index contributed by atoms with van der Waals surface area (Å²) >= 11 is 0. The van der Waals surface area contributed by atoms with Crippen molar-refractivity contribution >= 4 is 11.0 Å². The Hall–Kier alpha value is -3.31. The Kier molecular flexibility index (Phi) is 8.20. The van der Waals surface area contributed by atoms with Gasteiger partial charge in [0.15, 0.2) is 12.4 Å². The lowest BCUT2D eigenvalue weighted by Gasteiger charge is -2.45. The zero-order valence-electron chi connectivity index (χ0n) is 21.6. The summed E-state index contributed by atoms with van der Waals surface area (Å²) in [4.78, 5) is 0. The Morgan fingerprint density at radius 3 is 2.17 bits per heavy atom. The summed E-state index contributed by atoms with van der Waals surface area (Å²) < 4.78 is 29.0. The standard InChI is InChI=1S/C27H30O14/c1-10-19(32)21(34)23(36)26(37-10)41-25-22(35)20(33)18(9-28)40-27(25)39-17-8-14-15(31)6-13(30)7-16(14)38-24(17)11-2-4-12(29)5-3-11/h2-8,10,18-23,25-28,32-36H,9H2,1H3,(H2-,29,30,31)/p+1/t10?,18?,19-,20+,21?,22?,23-,25?,26-,27+/m0/s1. The van der Waals surface area contributed by atoms with Crippen molar-refractivity contribution in [3.8, 4) is 34.3 Å². The summed E-state index contributed by atoms with van der Waals surface area (Å²) in [6, 6.07) is 9.46. The molecule has 0 spiro atoms. The van der Waals surface area contributed by atoms with Gasteiger partial charge in [-0.05, 0) is 31.2 Å². The molecule has 0 saturated carbocycles. The highest BCUT2D eigenvalue weighted by molar-refractivity contribution is 5.88. The highest BCUT2D eigenvalue weighted by atomic mass is 16.8. The highest BCUT2D eigenvalue weighted by Crippen LogP contribution is 2.41. The van der Waals surface area contributed by atoms with E-state index in [0.29, 0.717) is 5.56 Å². The maximum Gasteiger partial charge on any atom is 0.402 e. The first-order valence-corrected chi connectivity index (χ1v) is 12.7. The molecule has 222 valence electrons. The monoisotopic (exact) mass is 579 g/mol. The summed E-state index contributed by atoms with van der Waals surface area (Å²) in [7, 11) is 0. The van der Waals surface area contributed by atoms with Gasteiger partial charge >= 0.3 is 11.3 Å². The number of aliphatic hydroxyl groups excluding tert-OH is 6. The molecular formula is C27H31O14+. The van der Waals surface area contributed by atoms with Gasteiger partial charge in [-0.2, -0.15) is 0 Å². The van der Waals surface area contributed by atoms with Gasteiger partial charge in [0.1, 0.15) is 59.3 Å². The Balaban J connectivity index is 1.55. The van der Waals surface area contributed by atoms with Crippen LogP contribution in [-0.4, -0.2) is 114 Å². The predicted octanol–water partition coefficient (Wildman–Crippen LogP) is -0.472. The van der Waals surface area contributed by atoms with E-state index >= 15 is 0 Å². The number of aromatic hydroxyl groups is 3. The molecule has 2 saturated heterocycles. The third kappa shape index (κ3) is 5.61. The fourth-order valence-electron chi connectivity index (χ4n) is 4.79. The molecule has 3 heterocycles. The first-order valence-electron chi connectivity index (χ1n) is 12.7. The van der Waals surface area contributed by atoms with Crippen molar-refractivity contribution in [2.75, 3.05) is 6.61 Å². The first kappa shape index (κ1) is 29.2. The zero-order valence-corrected chi connectivity index (χ0v) is 21.6. The Labute approximate surface area is 232 Å². The molecule has 2 aromatic carbocycles. The van der Waals surface area contributed by atoms with Crippen LogP contribution in [0.4, 0.5) is 0 Å². The predicted molar refractivity (Wildman–Crippen MR) is 137 cm³/mol. The molecule has 2 aliphatic rings. The van der Waals surface area contributed by atoms with Crippen LogP contribution in [0.1, 0.15) is 6.92 Å². The topological polar surface area (TPSA) is 230 Å². The zero-order chi connectivity index (χ0) is 29.6. The lowest BCUT2D eigenvalue weighted by molar-refractivity contribution is -0.354. The first-order chi connectivity index (χ1) is 19.5. The Morgan fingerprint density at radius 2 is 1.49 bits per heavy atom. The van der Waals surface area contributed by atoms with Crippen molar-refractivity contribution in [3.63, 3.8) is 0 Å². The SMILES string of the molecule is CC1O[C@@H](OC2C(O)[C@H](O)C(CO)O[C@H]2Oc2cc3c(O)cc(O)cc3[o+]c2-c2ccc(O)cc2)[C@@H](O)C(O)[C@H]1O. The van der Waals surface area contributed by atoms with Crippen LogP contribution in [0.2, 0.25) is 0 Å². The normalized spacial score (nSPS) is 34.0. The van der Waals surface area contributed by atoms with Gasteiger partial charge in [-0.3, -0.25) is 0 Å². The number of ether oxygens (including phenoxy) is 4. The van der Waals surface area contributed by atoms with E-state index in [1.807, 2.05) is 0 Å². The van der Waals surface area contributed by atoms with E-state index in [-0.39, 0.29) is 39.7 Å². The third-order valence-electron chi connectivity index (χ3n) is 7.11. The molecule has 14 heteroatoms. The van der Waals surface area contributed by atoms with Gasteiger partial charge in [0.2, 0.25) is 12.0 Å². The molecule has 5 unspecified atom stereocenters. The van der Waals surface area contributed by atoms with Crippen molar-refractivity contribution in [3.05, 3.63) is 42.5 Å². The van der Waals surface area contributed by atoms with Crippen LogP contribution in [0.3, 0.4) is 0 Å². The van der Waals surface area contributed by atoms with E-state index < -0.39 is 68.0 Å². The van der Waals surface area contributed by atoms with Crippen LogP contribution in [0, 0.1) is 0 Å². The van der Waals surface area contributed by atoms with E-state index in [9.17, 15) is 46.0 Å². The Morgan fingerprint density at radius 1 is 0.780 bits per heavy atom. The summed E-state index contributed by atoms with van der Waals surface area (Å²) in [6.45, 7) is 0.710. The lowest BCUT2D eigenvalue weighted by Crippen LogP contribution is -2.64. The van der Waals surface area contributed by atoms with Crippen molar-refractivity contribution in [1.82, 2.24) is 0 Å². The van der Waals surface area contributed by atoms with Crippen LogP contribution >= 0.6 is 0 Å². The number of benzene rings is 2. The minimum atomic E-state index is -1.76. The number of aliphatic hydroxyl groups is 6. The molecule has 3 aromatic rings. The fraction of sp³-hybridized carbons (Fsp3) is 0.444. The second kappa shape index (κ2) is 11.5. The van der Waals surface area contributed by atoms with Gasteiger partial charge in [0, 0.05) is 12.1 Å². The molecule has 10 atom stereocenters. The lowest BCUT2D eigenvalue weighted by atomic mass is 9.97. The van der Waals surface area contributed by atoms with E-state index in [1.165, 1.54) is 43.3 Å². The second-order valence-corrected chi connectivity index (χ2v) is 9.97. The van der Waals surface area contributed by atoms with Gasteiger partial charge in [-0.15, -0.1) is 0 Å². The van der Waals surface area contributed by atoms with Crippen LogP contribution in [0.5, 0.6) is 23.0 Å². The molecule has 0 aliphatic carbocycles. The number of fused-ring (bicyclic) bond motifs is 1. The fourth-order valence-corrected chi connectivity index (χ4v) is 4.79. The van der Waals surface area contributed by atoms with Gasteiger partial charge < -0.3 is 64.9 Å². The maximum absolute atomic E-state index is 10.9. The van der Waals surface area contributed by atoms with E-state index in [1.54, 1.807) is 0 Å². The molecule has 41 heavy (non-hydrogen) atoms. The molecule has 0 bridgehead atoms. The average molecular weight is 580 g/mol. The number of phenolic OH excluding ortho intramolecular Hbond substituents is 3. The number of phenols is 3. The van der Waals surface area contributed by atoms with Crippen molar-refractivity contribution in [2.45, 2.75) is 68.3 Å². The summed E-state index contributed by atoms with van der Waals surface area (Å²) in [5, 5.41) is 92.2. The second-order valence-electron chi connectivity index (χ2n) is 9.97. The highest BCUT2D eigenvalue weighted by Gasteiger charge is 2.51. The van der Waals surface area contributed by atoms with E-state index in [2.05, 4.69) is 0 Å². The van der Waals surface area contributed by atoms with E-state index in [0.717, 1.165) is 6.07 Å². The average Bonchev–Trinajstić information content (AvgIpc) is 2.94. The molecule has 14 nitrogen and oxygen atoms in total. The largest absolute Gasteiger partial charge is 0.508 e. The molecule has 2 fully saturated rings. The third-order valence-corrected chi connectivity index (χ3v) is 7.11. The molecule has 0 amide bonds. The van der Waals surface area contributed by atoms with Crippen LogP contribution < -0.4 is 4.74 Å². The van der Waals surface area contributed by atoms with Gasteiger partial charge in [-0.25, -0.2) is 4.42 Å². The number of rotatable bonds is 6. The summed E-state index contributed by atoms with van der Waals surface area (Å²) in [5.74, 6) is -0.716. The minimum absolute atomic E-state index is 0.0344. The minimum Gasteiger partial charge on any atom is -0.508 e. The smallest absolute Gasteiger partial charge is 0.402 e. The number of hydrogen-bond acceptors (Lipinski definition) is 13. The van der Waals surface area contributed by atoms with Crippen LogP contribution in [-0.2, 0) is 14.2 Å². The van der Waals surface area contributed by atoms with Crippen molar-refractivity contribution in [2.24, 2.45) is 0 Å². The van der Waals surface area contributed by atoms with Crippen molar-refractivity contribution < 1.29 is 69.3 Å². The van der Waals surface area contributed by atoms with Crippen molar-refractivity contribution in [1.29, 1.82) is 0 Å². The van der Waals surface area contributed by atoms with Gasteiger partial charge in [0.05, 0.1) is 24.3 Å². The molecule has 2 aliphatic heterocycles. The van der Waals surface area contributed by atoms with Gasteiger partial charge in [0.25, 0.3) is 0 Å². The maximum atomic E-state index is 10.9. The Bertz CT molecular complexity index is 1370. The molecular weight excluding hydrogens is 548 g/mol. The van der Waals surface area contributed by atoms with Crippen LogP contribution in [0.25, 0.3) is 22.3 Å². The molecule has 0 radical (unpaired) electrons. The molecule has 5 rings (SSSR count). The van der Waals surface area contributed by atoms with E-state index in [4.69, 9.17) is 23.4 Å².